The Morgan fingerprint density at radius 1 is 1.42 bits per heavy atom. The van der Waals surface area contributed by atoms with E-state index >= 15 is 0 Å². The second-order valence-corrected chi connectivity index (χ2v) is 5.01. The van der Waals surface area contributed by atoms with Crippen molar-refractivity contribution in [2.24, 2.45) is 5.92 Å². The molecule has 0 aliphatic carbocycles. The van der Waals surface area contributed by atoms with Gasteiger partial charge in [-0.25, -0.2) is 4.98 Å². The van der Waals surface area contributed by atoms with E-state index in [0.717, 1.165) is 25.2 Å². The zero-order chi connectivity index (χ0) is 13.5. The number of pyridine rings is 1. The summed E-state index contributed by atoms with van der Waals surface area (Å²) < 4.78 is 0. The lowest BCUT2D eigenvalue weighted by Gasteiger charge is -2.15. The molecule has 4 nitrogen and oxygen atoms in total. The second-order valence-electron chi connectivity index (χ2n) is 5.01. The average Bonchev–Trinajstić information content (AvgIpc) is 2.83. The van der Waals surface area contributed by atoms with E-state index in [1.165, 1.54) is 23.8 Å². The van der Waals surface area contributed by atoms with E-state index in [1.807, 2.05) is 12.3 Å². The number of hydrogen-bond donors (Lipinski definition) is 3. The molecule has 1 unspecified atom stereocenters. The predicted octanol–water partition coefficient (Wildman–Crippen LogP) is 2.45. The third kappa shape index (κ3) is 3.78. The molecule has 0 radical (unpaired) electrons. The molecule has 0 aromatic carbocycles. The van der Waals surface area contributed by atoms with Gasteiger partial charge in [-0.1, -0.05) is 13.3 Å². The number of aromatic nitrogens is 2. The number of fused-ring (bicyclic) bond motifs is 1. The third-order valence-electron chi connectivity index (χ3n) is 3.52. The summed E-state index contributed by atoms with van der Waals surface area (Å²) in [6.45, 7) is 4.28. The monoisotopic (exact) mass is 261 g/mol. The van der Waals surface area contributed by atoms with Gasteiger partial charge in [-0.3, -0.25) is 0 Å². The quantitative estimate of drug-likeness (QED) is 0.684. The van der Waals surface area contributed by atoms with Gasteiger partial charge >= 0.3 is 0 Å². The average molecular weight is 261 g/mol. The number of nitrogens with zero attached hydrogens (tertiary/aromatic N) is 1. The fourth-order valence-electron chi connectivity index (χ4n) is 2.51. The van der Waals surface area contributed by atoms with Gasteiger partial charge in [-0.2, -0.15) is 0 Å². The van der Waals surface area contributed by atoms with Crippen molar-refractivity contribution in [2.45, 2.75) is 32.7 Å². The first-order chi connectivity index (χ1) is 9.35. The van der Waals surface area contributed by atoms with Gasteiger partial charge in [0.05, 0.1) is 0 Å². The maximum atomic E-state index is 9.05. The minimum Gasteiger partial charge on any atom is -0.396 e. The van der Waals surface area contributed by atoms with Crippen LogP contribution in [0.2, 0.25) is 0 Å². The molecule has 1 atom stereocenters. The molecule has 2 heterocycles. The standard InChI is InChI=1S/C15H23N3O/c1-2-4-12(6-8-19)9-16-10-13-11-18-15-14(13)5-3-7-17-15/h3,5,7,11-12,16,19H,2,4,6,8-10H2,1H3,(H,17,18). The molecule has 0 saturated carbocycles. The minimum atomic E-state index is 0.281. The fraction of sp³-hybridized carbons (Fsp3) is 0.533. The Hall–Kier alpha value is -1.39. The fourth-order valence-corrected chi connectivity index (χ4v) is 2.51. The van der Waals surface area contributed by atoms with Crippen molar-refractivity contribution in [1.82, 2.24) is 15.3 Å². The van der Waals surface area contributed by atoms with Gasteiger partial charge in [-0.15, -0.1) is 0 Å². The van der Waals surface area contributed by atoms with Gasteiger partial charge in [0.25, 0.3) is 0 Å². The number of H-pyrrole nitrogens is 1. The van der Waals surface area contributed by atoms with Gasteiger partial charge < -0.3 is 15.4 Å². The molecular formula is C15H23N3O. The van der Waals surface area contributed by atoms with Crippen molar-refractivity contribution in [2.75, 3.05) is 13.2 Å². The number of aromatic amines is 1. The first kappa shape index (κ1) is 14.0. The molecule has 4 heteroatoms. The van der Waals surface area contributed by atoms with E-state index in [-0.39, 0.29) is 6.61 Å². The normalized spacial score (nSPS) is 12.9. The summed E-state index contributed by atoms with van der Waals surface area (Å²) in [5.74, 6) is 0.568. The van der Waals surface area contributed by atoms with Crippen LogP contribution in [0.4, 0.5) is 0 Å². The number of aliphatic hydroxyl groups excluding tert-OH is 1. The maximum Gasteiger partial charge on any atom is 0.137 e. The lowest BCUT2D eigenvalue weighted by molar-refractivity contribution is 0.248. The molecule has 0 fully saturated rings. The Labute approximate surface area is 114 Å². The van der Waals surface area contributed by atoms with E-state index in [0.29, 0.717) is 5.92 Å². The topological polar surface area (TPSA) is 60.9 Å². The van der Waals surface area contributed by atoms with Gasteiger partial charge in [0.2, 0.25) is 0 Å². The van der Waals surface area contributed by atoms with Crippen LogP contribution in [0.3, 0.4) is 0 Å². The molecule has 2 aromatic heterocycles. The number of rotatable bonds is 8. The number of hydrogen-bond acceptors (Lipinski definition) is 3. The highest BCUT2D eigenvalue weighted by Crippen LogP contribution is 2.15. The molecule has 2 aromatic rings. The highest BCUT2D eigenvalue weighted by molar-refractivity contribution is 5.79. The third-order valence-corrected chi connectivity index (χ3v) is 3.52. The highest BCUT2D eigenvalue weighted by Gasteiger charge is 2.08. The molecule has 0 bridgehead atoms. The van der Waals surface area contributed by atoms with E-state index < -0.39 is 0 Å². The predicted molar refractivity (Wildman–Crippen MR) is 77.9 cm³/mol. The SMILES string of the molecule is CCCC(CCO)CNCc1c[nH]c2ncccc12. The molecule has 104 valence electrons. The van der Waals surface area contributed by atoms with Gasteiger partial charge in [0, 0.05) is 30.9 Å². The van der Waals surface area contributed by atoms with Crippen LogP contribution in [0.5, 0.6) is 0 Å². The highest BCUT2D eigenvalue weighted by atomic mass is 16.3. The van der Waals surface area contributed by atoms with Crippen LogP contribution in [0, 0.1) is 5.92 Å². The summed E-state index contributed by atoms with van der Waals surface area (Å²) in [4.78, 5) is 7.47. The molecule has 0 spiro atoms. The summed E-state index contributed by atoms with van der Waals surface area (Å²) in [6.07, 6.45) is 7.04. The van der Waals surface area contributed by atoms with E-state index in [9.17, 15) is 0 Å². The second kappa shape index (κ2) is 7.26. The Morgan fingerprint density at radius 2 is 2.32 bits per heavy atom. The van der Waals surface area contributed by atoms with Gasteiger partial charge in [0.15, 0.2) is 0 Å². The summed E-state index contributed by atoms with van der Waals surface area (Å²) in [5.41, 5.74) is 2.20. The summed E-state index contributed by atoms with van der Waals surface area (Å²) in [5, 5.41) is 13.7. The number of aliphatic hydroxyl groups is 1. The molecule has 0 amide bonds. The van der Waals surface area contributed by atoms with Crippen molar-refractivity contribution in [3.05, 3.63) is 30.1 Å². The lowest BCUT2D eigenvalue weighted by Crippen LogP contribution is -2.23. The first-order valence-electron chi connectivity index (χ1n) is 7.07. The smallest absolute Gasteiger partial charge is 0.137 e. The Morgan fingerprint density at radius 3 is 3.11 bits per heavy atom. The van der Waals surface area contributed by atoms with Crippen LogP contribution < -0.4 is 5.32 Å². The van der Waals surface area contributed by atoms with Crippen molar-refractivity contribution < 1.29 is 5.11 Å². The van der Waals surface area contributed by atoms with Crippen LogP contribution in [-0.2, 0) is 6.54 Å². The van der Waals surface area contributed by atoms with Crippen LogP contribution in [-0.4, -0.2) is 28.2 Å². The number of nitrogens with one attached hydrogen (secondary N) is 2. The molecule has 3 N–H and O–H groups in total. The first-order valence-corrected chi connectivity index (χ1v) is 7.07. The van der Waals surface area contributed by atoms with Crippen LogP contribution in [0.1, 0.15) is 31.7 Å². The molecule has 0 aliphatic heterocycles. The summed E-state index contributed by atoms with van der Waals surface area (Å²) >= 11 is 0. The van der Waals surface area contributed by atoms with Gasteiger partial charge in [0.1, 0.15) is 5.65 Å². The molecule has 0 saturated heterocycles. The van der Waals surface area contributed by atoms with E-state index in [4.69, 9.17) is 5.11 Å². The molecule has 2 rings (SSSR count). The maximum absolute atomic E-state index is 9.05. The Balaban J connectivity index is 1.88. The Kier molecular flexibility index (Phi) is 5.36. The molecular weight excluding hydrogens is 238 g/mol. The van der Waals surface area contributed by atoms with Crippen molar-refractivity contribution in [3.63, 3.8) is 0 Å². The van der Waals surface area contributed by atoms with Crippen molar-refractivity contribution in [3.8, 4) is 0 Å². The molecule has 19 heavy (non-hydrogen) atoms. The van der Waals surface area contributed by atoms with Crippen molar-refractivity contribution >= 4 is 11.0 Å². The minimum absolute atomic E-state index is 0.281. The Bertz CT molecular complexity index is 489. The van der Waals surface area contributed by atoms with Crippen LogP contribution in [0.25, 0.3) is 11.0 Å². The van der Waals surface area contributed by atoms with Crippen LogP contribution >= 0.6 is 0 Å². The lowest BCUT2D eigenvalue weighted by atomic mass is 10.0. The van der Waals surface area contributed by atoms with Crippen LogP contribution in [0.15, 0.2) is 24.5 Å². The van der Waals surface area contributed by atoms with E-state index in [2.05, 4.69) is 28.3 Å². The molecule has 0 aliphatic rings. The van der Waals surface area contributed by atoms with Crippen molar-refractivity contribution in [1.29, 1.82) is 0 Å². The summed E-state index contributed by atoms with van der Waals surface area (Å²) in [7, 11) is 0. The zero-order valence-electron chi connectivity index (χ0n) is 11.5. The zero-order valence-corrected chi connectivity index (χ0v) is 11.5. The van der Waals surface area contributed by atoms with E-state index in [1.54, 1.807) is 6.20 Å². The largest absolute Gasteiger partial charge is 0.396 e. The van der Waals surface area contributed by atoms with Gasteiger partial charge in [-0.05, 0) is 43.0 Å². The summed E-state index contributed by atoms with van der Waals surface area (Å²) in [6, 6.07) is 4.05.